The molecule has 0 heterocycles. The summed E-state index contributed by atoms with van der Waals surface area (Å²) in [6.07, 6.45) is 0. The average molecular weight is 418 g/mol. The van der Waals surface area contributed by atoms with Gasteiger partial charge >= 0.3 is 0 Å². The molecule has 0 saturated heterocycles. The third-order valence-corrected chi connectivity index (χ3v) is 4.67. The van der Waals surface area contributed by atoms with Gasteiger partial charge in [-0.15, -0.1) is 0 Å². The molecule has 4 heteroatoms. The molecule has 0 aromatic heterocycles. The van der Waals surface area contributed by atoms with Gasteiger partial charge in [-0.3, -0.25) is 4.79 Å². The summed E-state index contributed by atoms with van der Waals surface area (Å²) in [4.78, 5) is 12.2. The lowest BCUT2D eigenvalue weighted by molar-refractivity contribution is -0.118. The fourth-order valence-electron chi connectivity index (χ4n) is 2.58. The second-order valence-electron chi connectivity index (χ2n) is 8.55. The van der Waals surface area contributed by atoms with Crippen LogP contribution in [0.5, 0.6) is 5.75 Å². The highest BCUT2D eigenvalue weighted by Gasteiger charge is 2.23. The monoisotopic (exact) mass is 417 g/mol. The third-order valence-electron chi connectivity index (χ3n) is 4.14. The van der Waals surface area contributed by atoms with E-state index in [1.165, 1.54) is 5.56 Å². The highest BCUT2D eigenvalue weighted by molar-refractivity contribution is 9.10. The van der Waals surface area contributed by atoms with Crippen molar-refractivity contribution in [1.82, 2.24) is 0 Å². The molecule has 0 aliphatic carbocycles. The largest absolute Gasteiger partial charge is 0.483 e. The molecule has 3 nitrogen and oxygen atoms in total. The zero-order valence-corrected chi connectivity index (χ0v) is 18.0. The average Bonchev–Trinajstić information content (AvgIpc) is 2.53. The topological polar surface area (TPSA) is 38.3 Å². The number of carbonyl (C=O) groups excluding carboxylic acids is 1. The third kappa shape index (κ3) is 5.60. The molecule has 26 heavy (non-hydrogen) atoms. The van der Waals surface area contributed by atoms with E-state index >= 15 is 0 Å². The van der Waals surface area contributed by atoms with Crippen LogP contribution >= 0.6 is 15.9 Å². The van der Waals surface area contributed by atoms with Crippen molar-refractivity contribution in [2.75, 3.05) is 11.9 Å². The van der Waals surface area contributed by atoms with Crippen molar-refractivity contribution in [3.05, 3.63) is 58.1 Å². The second-order valence-corrected chi connectivity index (χ2v) is 9.47. The fraction of sp³-hybridized carbons (Fsp3) is 0.409. The minimum absolute atomic E-state index is 0.0198. The Labute approximate surface area is 165 Å². The number of hydrogen-bond acceptors (Lipinski definition) is 2. The van der Waals surface area contributed by atoms with E-state index in [9.17, 15) is 4.79 Å². The first-order chi connectivity index (χ1) is 12.0. The molecule has 1 N–H and O–H groups in total. The molecular formula is C22H28BrNO2. The quantitative estimate of drug-likeness (QED) is 0.655. The first-order valence-corrected chi connectivity index (χ1v) is 9.59. The maximum absolute atomic E-state index is 12.2. The van der Waals surface area contributed by atoms with Gasteiger partial charge in [0, 0.05) is 10.2 Å². The van der Waals surface area contributed by atoms with Crippen LogP contribution in [-0.2, 0) is 15.6 Å². The number of carbonyl (C=O) groups is 1. The zero-order chi connectivity index (χ0) is 19.5. The highest BCUT2D eigenvalue weighted by Crippen LogP contribution is 2.35. The molecule has 2 rings (SSSR count). The van der Waals surface area contributed by atoms with E-state index in [0.29, 0.717) is 0 Å². The Morgan fingerprint density at radius 1 is 0.962 bits per heavy atom. The van der Waals surface area contributed by atoms with Crippen LogP contribution in [0.4, 0.5) is 5.69 Å². The summed E-state index contributed by atoms with van der Waals surface area (Å²) in [6, 6.07) is 13.7. The lowest BCUT2D eigenvalue weighted by atomic mass is 9.80. The maximum atomic E-state index is 12.2. The number of amides is 1. The van der Waals surface area contributed by atoms with E-state index in [4.69, 9.17) is 4.74 Å². The van der Waals surface area contributed by atoms with Crippen LogP contribution in [0.3, 0.4) is 0 Å². The van der Waals surface area contributed by atoms with Crippen LogP contribution in [0.1, 0.15) is 52.7 Å². The van der Waals surface area contributed by atoms with Gasteiger partial charge in [-0.2, -0.15) is 0 Å². The smallest absolute Gasteiger partial charge is 0.262 e. The Balaban J connectivity index is 2.13. The minimum Gasteiger partial charge on any atom is -0.483 e. The summed E-state index contributed by atoms with van der Waals surface area (Å²) >= 11 is 3.38. The van der Waals surface area contributed by atoms with Crippen LogP contribution in [-0.4, -0.2) is 12.5 Å². The van der Waals surface area contributed by atoms with Crippen molar-refractivity contribution in [2.45, 2.75) is 52.4 Å². The van der Waals surface area contributed by atoms with Crippen LogP contribution < -0.4 is 10.1 Å². The number of benzene rings is 2. The molecule has 0 atom stereocenters. The molecule has 0 aliphatic rings. The van der Waals surface area contributed by atoms with Gasteiger partial charge in [0.2, 0.25) is 0 Å². The van der Waals surface area contributed by atoms with Gasteiger partial charge in [-0.25, -0.2) is 0 Å². The lowest BCUT2D eigenvalue weighted by Crippen LogP contribution is -2.22. The van der Waals surface area contributed by atoms with E-state index in [-0.39, 0.29) is 23.3 Å². The van der Waals surface area contributed by atoms with E-state index in [0.717, 1.165) is 21.5 Å². The summed E-state index contributed by atoms with van der Waals surface area (Å²) in [5, 5.41) is 2.85. The Morgan fingerprint density at radius 3 is 2.12 bits per heavy atom. The predicted molar refractivity (Wildman–Crippen MR) is 112 cm³/mol. The van der Waals surface area contributed by atoms with Crippen LogP contribution in [0.2, 0.25) is 0 Å². The molecule has 0 bridgehead atoms. The molecule has 1 amide bonds. The second kappa shape index (κ2) is 7.83. The molecule has 2 aromatic carbocycles. The molecule has 0 aliphatic heterocycles. The SMILES string of the molecule is CC(C)(C)c1ccc(OCC(=O)Nc2ccc(Br)cc2)c(C(C)(C)C)c1. The van der Waals surface area contributed by atoms with Crippen molar-refractivity contribution >= 4 is 27.5 Å². The number of ether oxygens (including phenoxy) is 1. The normalized spacial score (nSPS) is 12.0. The number of nitrogens with one attached hydrogen (secondary N) is 1. The van der Waals surface area contributed by atoms with Crippen molar-refractivity contribution in [3.63, 3.8) is 0 Å². The molecule has 0 fully saturated rings. The summed E-state index contributed by atoms with van der Waals surface area (Å²) in [5.41, 5.74) is 3.12. The van der Waals surface area contributed by atoms with E-state index in [1.807, 2.05) is 30.3 Å². The van der Waals surface area contributed by atoms with Gasteiger partial charge < -0.3 is 10.1 Å². The van der Waals surface area contributed by atoms with Gasteiger partial charge in [0.1, 0.15) is 5.75 Å². The zero-order valence-electron chi connectivity index (χ0n) is 16.4. The van der Waals surface area contributed by atoms with E-state index in [1.54, 1.807) is 0 Å². The van der Waals surface area contributed by atoms with Crippen LogP contribution in [0.25, 0.3) is 0 Å². The first kappa shape index (κ1) is 20.5. The number of rotatable bonds is 4. The number of anilines is 1. The van der Waals surface area contributed by atoms with Gasteiger partial charge in [0.25, 0.3) is 5.91 Å². The van der Waals surface area contributed by atoms with Crippen molar-refractivity contribution in [2.24, 2.45) is 0 Å². The van der Waals surface area contributed by atoms with E-state index in [2.05, 4.69) is 74.9 Å². The Bertz CT molecular complexity index is 768. The standard InChI is InChI=1S/C22H28BrNO2/c1-21(2,3)15-7-12-19(18(13-15)22(4,5)6)26-14-20(25)24-17-10-8-16(23)9-11-17/h7-13H,14H2,1-6H3,(H,24,25). The van der Waals surface area contributed by atoms with Crippen molar-refractivity contribution < 1.29 is 9.53 Å². The molecule has 140 valence electrons. The number of halogens is 1. The maximum Gasteiger partial charge on any atom is 0.262 e. The van der Waals surface area contributed by atoms with Gasteiger partial charge in [0.05, 0.1) is 0 Å². The molecule has 2 aromatic rings. The van der Waals surface area contributed by atoms with Crippen molar-refractivity contribution in [1.29, 1.82) is 0 Å². The summed E-state index contributed by atoms with van der Waals surface area (Å²) in [6.45, 7) is 13.0. The fourth-order valence-corrected chi connectivity index (χ4v) is 2.85. The molecule has 0 spiro atoms. The molecular weight excluding hydrogens is 390 g/mol. The van der Waals surface area contributed by atoms with Gasteiger partial charge in [-0.1, -0.05) is 69.6 Å². The Morgan fingerprint density at radius 2 is 1.58 bits per heavy atom. The minimum atomic E-state index is -0.174. The van der Waals surface area contributed by atoms with Gasteiger partial charge in [-0.05, 0) is 52.3 Å². The molecule has 0 saturated carbocycles. The lowest BCUT2D eigenvalue weighted by Gasteiger charge is -2.27. The predicted octanol–water partition coefficient (Wildman–Crippen LogP) is 6.06. The molecule has 0 radical (unpaired) electrons. The first-order valence-electron chi connectivity index (χ1n) is 8.80. The number of hydrogen-bond donors (Lipinski definition) is 1. The summed E-state index contributed by atoms with van der Waals surface area (Å²) in [5.74, 6) is 0.587. The Hall–Kier alpha value is -1.81. The summed E-state index contributed by atoms with van der Waals surface area (Å²) in [7, 11) is 0. The Kier molecular flexibility index (Phi) is 6.17. The van der Waals surface area contributed by atoms with Crippen molar-refractivity contribution in [3.8, 4) is 5.75 Å². The summed E-state index contributed by atoms with van der Waals surface area (Å²) < 4.78 is 6.84. The highest BCUT2D eigenvalue weighted by atomic mass is 79.9. The van der Waals surface area contributed by atoms with Crippen LogP contribution in [0, 0.1) is 0 Å². The van der Waals surface area contributed by atoms with Gasteiger partial charge in [0.15, 0.2) is 6.61 Å². The van der Waals surface area contributed by atoms with Crippen LogP contribution in [0.15, 0.2) is 46.9 Å². The molecule has 0 unspecified atom stereocenters. The van der Waals surface area contributed by atoms with E-state index < -0.39 is 0 Å².